The molecule has 0 aromatic rings. The number of carboxylic acids is 2. The topological polar surface area (TPSA) is 74.6 Å². The van der Waals surface area contributed by atoms with Crippen LogP contribution in [-0.4, -0.2) is 71.9 Å². The molecule has 0 atom stereocenters. The van der Waals surface area contributed by atoms with E-state index < -0.39 is 11.9 Å². The maximum atomic E-state index is 9.10. The van der Waals surface area contributed by atoms with Crippen molar-refractivity contribution >= 4 is 61.7 Å². The fraction of sp³-hybridized carbons (Fsp3) is 0. The van der Waals surface area contributed by atoms with Crippen molar-refractivity contribution in [2.75, 3.05) is 0 Å². The third-order valence-electron chi connectivity index (χ3n) is 0.183. The van der Waals surface area contributed by atoms with E-state index in [1.807, 2.05) is 0 Å². The van der Waals surface area contributed by atoms with Gasteiger partial charge < -0.3 is 10.2 Å². The van der Waals surface area contributed by atoms with E-state index >= 15 is 0 Å². The molecular formula is C2H7InO4Sn. The molecule has 4 nitrogen and oxygen atoms in total. The van der Waals surface area contributed by atoms with Crippen LogP contribution in [0.25, 0.3) is 0 Å². The van der Waals surface area contributed by atoms with Crippen molar-refractivity contribution in [1.29, 1.82) is 0 Å². The predicted octanol–water partition coefficient (Wildman–Crippen LogP) is -2.94. The Morgan fingerprint density at radius 3 is 1.12 bits per heavy atom. The normalized spacial score (nSPS) is 5.50. The van der Waals surface area contributed by atoms with Crippen LogP contribution in [-0.2, 0) is 9.59 Å². The Morgan fingerprint density at radius 1 is 1.00 bits per heavy atom. The van der Waals surface area contributed by atoms with Crippen molar-refractivity contribution in [3.63, 3.8) is 0 Å². The van der Waals surface area contributed by atoms with Gasteiger partial charge >= 0.3 is 61.7 Å². The number of hydrogen-bond acceptors (Lipinski definition) is 2. The number of rotatable bonds is 0. The van der Waals surface area contributed by atoms with Crippen molar-refractivity contribution in [1.82, 2.24) is 0 Å². The Kier molecular flexibility index (Phi) is 15.1. The molecule has 0 aliphatic heterocycles. The Balaban J connectivity index is -0.000000125. The first-order valence-corrected chi connectivity index (χ1v) is 1.11. The first kappa shape index (κ1) is 15.8. The van der Waals surface area contributed by atoms with E-state index in [2.05, 4.69) is 0 Å². The minimum absolute atomic E-state index is 0. The van der Waals surface area contributed by atoms with Gasteiger partial charge in [0.1, 0.15) is 0 Å². The van der Waals surface area contributed by atoms with Crippen LogP contribution in [0.4, 0.5) is 0 Å². The van der Waals surface area contributed by atoms with Crippen molar-refractivity contribution in [2.24, 2.45) is 0 Å². The van der Waals surface area contributed by atoms with E-state index in [4.69, 9.17) is 19.8 Å². The molecule has 0 amide bonds. The molecule has 0 aliphatic rings. The van der Waals surface area contributed by atoms with Crippen molar-refractivity contribution in [2.45, 2.75) is 0 Å². The molecule has 0 fully saturated rings. The van der Waals surface area contributed by atoms with Crippen LogP contribution in [0, 0.1) is 0 Å². The standard InChI is InChI=1S/C2H2O4.In.Sn.5H/c3-1(4)2(5)6;;;;;;;/h(H,3,4)(H,5,6);;;;;;;. The summed E-state index contributed by atoms with van der Waals surface area (Å²) in [5.74, 6) is -3.65. The zero-order chi connectivity index (χ0) is 5.15. The van der Waals surface area contributed by atoms with E-state index in [-0.39, 0.29) is 49.8 Å². The Morgan fingerprint density at radius 2 is 1.12 bits per heavy atom. The molecule has 0 aromatic carbocycles. The SMILES string of the molecule is O=C(O)C(=O)O.[InH3].[SnH2]. The van der Waals surface area contributed by atoms with Crippen LogP contribution in [0.2, 0.25) is 0 Å². The van der Waals surface area contributed by atoms with Crippen LogP contribution in [0.15, 0.2) is 0 Å². The summed E-state index contributed by atoms with van der Waals surface area (Å²) in [6.07, 6.45) is 0. The summed E-state index contributed by atoms with van der Waals surface area (Å²) in [6.45, 7) is 0. The van der Waals surface area contributed by atoms with Gasteiger partial charge in [-0.1, -0.05) is 0 Å². The number of carbonyl (C=O) groups is 2. The predicted molar refractivity (Wildman–Crippen MR) is 33.8 cm³/mol. The molecular weight excluding hydrogens is 322 g/mol. The second-order valence-electron chi connectivity index (χ2n) is 0.610. The molecule has 0 saturated carbocycles. The Hall–Kier alpha value is 0.609. The monoisotopic (exact) mass is 330 g/mol. The average molecular weight is 329 g/mol. The number of aliphatic carboxylic acids is 2. The van der Waals surface area contributed by atoms with Crippen LogP contribution < -0.4 is 0 Å². The minimum atomic E-state index is -1.82. The zero-order valence-corrected chi connectivity index (χ0v) is 7.45. The fourth-order valence-corrected chi connectivity index (χ4v) is 0. The first-order chi connectivity index (χ1) is 2.64. The van der Waals surface area contributed by atoms with Crippen molar-refractivity contribution in [3.8, 4) is 0 Å². The second kappa shape index (κ2) is 7.61. The van der Waals surface area contributed by atoms with Crippen molar-refractivity contribution < 1.29 is 19.8 Å². The first-order valence-electron chi connectivity index (χ1n) is 1.11. The molecule has 2 radical (unpaired) electrons. The third-order valence-corrected chi connectivity index (χ3v) is 0.183. The van der Waals surface area contributed by atoms with Crippen LogP contribution in [0.3, 0.4) is 0 Å². The molecule has 0 aromatic heterocycles. The molecule has 0 heterocycles. The van der Waals surface area contributed by atoms with Crippen LogP contribution in [0.5, 0.6) is 0 Å². The molecule has 0 rings (SSSR count). The summed E-state index contributed by atoms with van der Waals surface area (Å²) in [5, 5.41) is 14.8. The molecule has 6 heteroatoms. The summed E-state index contributed by atoms with van der Waals surface area (Å²) in [5.41, 5.74) is 0. The molecule has 8 heavy (non-hydrogen) atoms. The summed E-state index contributed by atoms with van der Waals surface area (Å²) in [6, 6.07) is 0. The molecule has 46 valence electrons. The molecule has 2 N–H and O–H groups in total. The Bertz CT molecular complexity index is 80.0. The summed E-state index contributed by atoms with van der Waals surface area (Å²) < 4.78 is 0. The molecule has 0 spiro atoms. The fourth-order valence-electron chi connectivity index (χ4n) is 0. The van der Waals surface area contributed by atoms with Gasteiger partial charge in [-0.15, -0.1) is 0 Å². The van der Waals surface area contributed by atoms with Crippen molar-refractivity contribution in [3.05, 3.63) is 0 Å². The zero-order valence-electron chi connectivity index (χ0n) is 3.42. The second-order valence-corrected chi connectivity index (χ2v) is 0.610. The van der Waals surface area contributed by atoms with Gasteiger partial charge in [0.2, 0.25) is 0 Å². The quantitative estimate of drug-likeness (QED) is 0.368. The third kappa shape index (κ3) is 9.79. The molecule has 0 unspecified atom stereocenters. The molecule has 0 aliphatic carbocycles. The number of carboxylic acid groups (broad SMARTS) is 2. The van der Waals surface area contributed by atoms with Crippen LogP contribution >= 0.6 is 0 Å². The molecule has 0 saturated heterocycles. The maximum absolute atomic E-state index is 9.10. The number of hydrogen-bond donors (Lipinski definition) is 2. The van der Waals surface area contributed by atoms with Gasteiger partial charge in [0, 0.05) is 0 Å². The van der Waals surface area contributed by atoms with E-state index in [0.29, 0.717) is 0 Å². The van der Waals surface area contributed by atoms with Crippen LogP contribution in [0.1, 0.15) is 0 Å². The molecule has 0 bridgehead atoms. The van der Waals surface area contributed by atoms with E-state index in [0.717, 1.165) is 0 Å². The van der Waals surface area contributed by atoms with Gasteiger partial charge in [0.25, 0.3) is 0 Å². The summed E-state index contributed by atoms with van der Waals surface area (Å²) in [7, 11) is 0. The van der Waals surface area contributed by atoms with Gasteiger partial charge in [0.05, 0.1) is 0 Å². The van der Waals surface area contributed by atoms with Gasteiger partial charge in [-0.2, -0.15) is 0 Å². The van der Waals surface area contributed by atoms with Gasteiger partial charge in [0.15, 0.2) is 0 Å². The Labute approximate surface area is 81.0 Å². The van der Waals surface area contributed by atoms with Gasteiger partial charge in [-0.3, -0.25) is 0 Å². The summed E-state index contributed by atoms with van der Waals surface area (Å²) in [4.78, 5) is 18.2. The van der Waals surface area contributed by atoms with Gasteiger partial charge in [-0.25, -0.2) is 9.59 Å². The van der Waals surface area contributed by atoms with E-state index in [1.165, 1.54) is 0 Å². The average Bonchev–Trinajstić information content (AvgIpc) is 1.36. The summed E-state index contributed by atoms with van der Waals surface area (Å²) >= 11 is 0. The van der Waals surface area contributed by atoms with E-state index in [1.54, 1.807) is 0 Å². The van der Waals surface area contributed by atoms with E-state index in [9.17, 15) is 0 Å². The van der Waals surface area contributed by atoms with Gasteiger partial charge in [-0.05, 0) is 0 Å².